The summed E-state index contributed by atoms with van der Waals surface area (Å²) in [7, 11) is 0. The van der Waals surface area contributed by atoms with Crippen LogP contribution in [0, 0.1) is 5.92 Å². The standard InChI is InChI=1S/C32H41NO4/c1-31(2,3)24-18-16-23(17-19-24)28(34)15-10-21-33-22-20-27(29(35)30(33)36)32(37,25-11-6-4-7-12-25)26-13-8-5-9-14-26/h4-9,11-14,16-19,27-30,34-37H,10,15,20-22H2,1-3H3. The Hall–Kier alpha value is -2.54. The van der Waals surface area contributed by atoms with Gasteiger partial charge in [0.1, 0.15) is 11.8 Å². The molecule has 0 radical (unpaired) electrons. The van der Waals surface area contributed by atoms with Crippen molar-refractivity contribution in [1.29, 1.82) is 0 Å². The molecule has 5 heteroatoms. The molecule has 0 saturated carbocycles. The summed E-state index contributed by atoms with van der Waals surface area (Å²) in [5.74, 6) is -0.574. The lowest BCUT2D eigenvalue weighted by Gasteiger charge is -2.47. The molecule has 1 aliphatic heterocycles. The van der Waals surface area contributed by atoms with Gasteiger partial charge in [-0.1, -0.05) is 106 Å². The van der Waals surface area contributed by atoms with Crippen LogP contribution in [0.4, 0.5) is 0 Å². The summed E-state index contributed by atoms with van der Waals surface area (Å²) < 4.78 is 0. The molecule has 3 aromatic carbocycles. The zero-order chi connectivity index (χ0) is 26.6. The summed E-state index contributed by atoms with van der Waals surface area (Å²) in [6.45, 7) is 7.60. The first kappa shape index (κ1) is 27.5. The number of aliphatic hydroxyl groups is 4. The molecule has 5 nitrogen and oxygen atoms in total. The van der Waals surface area contributed by atoms with Crippen molar-refractivity contribution in [2.24, 2.45) is 5.92 Å². The lowest BCUT2D eigenvalue weighted by molar-refractivity contribution is -0.172. The van der Waals surface area contributed by atoms with E-state index in [2.05, 4.69) is 32.9 Å². The number of piperidine rings is 1. The number of likely N-dealkylation sites (tertiary alicyclic amines) is 1. The van der Waals surface area contributed by atoms with Gasteiger partial charge in [0.25, 0.3) is 0 Å². The fraction of sp³-hybridized carbons (Fsp3) is 0.438. The minimum Gasteiger partial charge on any atom is -0.389 e. The molecular weight excluding hydrogens is 462 g/mol. The number of hydrogen-bond acceptors (Lipinski definition) is 5. The van der Waals surface area contributed by atoms with Crippen LogP contribution in [0.5, 0.6) is 0 Å². The van der Waals surface area contributed by atoms with Crippen LogP contribution in [0.25, 0.3) is 0 Å². The molecule has 1 fully saturated rings. The van der Waals surface area contributed by atoms with Crippen molar-refractivity contribution in [2.45, 2.75) is 69.5 Å². The second kappa shape index (κ2) is 11.5. The van der Waals surface area contributed by atoms with Gasteiger partial charge < -0.3 is 20.4 Å². The smallest absolute Gasteiger partial charge is 0.134 e. The summed E-state index contributed by atoms with van der Waals surface area (Å²) in [5.41, 5.74) is 2.17. The van der Waals surface area contributed by atoms with E-state index in [1.165, 1.54) is 5.56 Å². The average molecular weight is 504 g/mol. The van der Waals surface area contributed by atoms with Crippen LogP contribution >= 0.6 is 0 Å². The van der Waals surface area contributed by atoms with E-state index in [9.17, 15) is 20.4 Å². The van der Waals surface area contributed by atoms with Gasteiger partial charge in [0.15, 0.2) is 0 Å². The molecule has 0 amide bonds. The summed E-state index contributed by atoms with van der Waals surface area (Å²) in [4.78, 5) is 1.85. The number of aliphatic hydroxyl groups excluding tert-OH is 3. The fourth-order valence-corrected chi connectivity index (χ4v) is 5.57. The summed E-state index contributed by atoms with van der Waals surface area (Å²) in [5, 5.41) is 45.1. The minimum atomic E-state index is -1.43. The maximum Gasteiger partial charge on any atom is 0.134 e. The molecular formula is C32H41NO4. The van der Waals surface area contributed by atoms with Gasteiger partial charge in [-0.15, -0.1) is 0 Å². The monoisotopic (exact) mass is 503 g/mol. The molecule has 0 spiro atoms. The van der Waals surface area contributed by atoms with Crippen molar-refractivity contribution < 1.29 is 20.4 Å². The van der Waals surface area contributed by atoms with Crippen molar-refractivity contribution >= 4 is 0 Å². The van der Waals surface area contributed by atoms with Crippen LogP contribution in [-0.4, -0.2) is 50.7 Å². The summed E-state index contributed by atoms with van der Waals surface area (Å²) in [6.07, 6.45) is -1.03. The summed E-state index contributed by atoms with van der Waals surface area (Å²) in [6, 6.07) is 26.9. The van der Waals surface area contributed by atoms with Crippen LogP contribution in [0.1, 0.15) is 68.4 Å². The molecule has 0 bridgehead atoms. The molecule has 37 heavy (non-hydrogen) atoms. The van der Waals surface area contributed by atoms with E-state index >= 15 is 0 Å². The molecule has 1 aliphatic rings. The van der Waals surface area contributed by atoms with E-state index in [1.807, 2.05) is 77.7 Å². The quantitative estimate of drug-likeness (QED) is 0.357. The first-order valence-electron chi connectivity index (χ1n) is 13.3. The number of rotatable bonds is 8. The fourth-order valence-electron chi connectivity index (χ4n) is 5.57. The molecule has 3 aromatic rings. The maximum atomic E-state index is 12.1. The Morgan fingerprint density at radius 2 is 1.35 bits per heavy atom. The molecule has 4 unspecified atom stereocenters. The Kier molecular flexibility index (Phi) is 8.52. The van der Waals surface area contributed by atoms with E-state index < -0.39 is 30.0 Å². The highest BCUT2D eigenvalue weighted by molar-refractivity contribution is 5.37. The zero-order valence-corrected chi connectivity index (χ0v) is 22.2. The lowest BCUT2D eigenvalue weighted by atomic mass is 9.70. The van der Waals surface area contributed by atoms with Crippen molar-refractivity contribution in [1.82, 2.24) is 4.90 Å². The Morgan fingerprint density at radius 3 is 1.86 bits per heavy atom. The predicted molar refractivity (Wildman–Crippen MR) is 147 cm³/mol. The maximum absolute atomic E-state index is 12.1. The Bertz CT molecular complexity index is 1070. The molecule has 0 aromatic heterocycles. The highest BCUT2D eigenvalue weighted by Gasteiger charge is 2.49. The van der Waals surface area contributed by atoms with Crippen molar-refractivity contribution in [3.63, 3.8) is 0 Å². The molecule has 198 valence electrons. The molecule has 4 atom stereocenters. The SMILES string of the molecule is CC(C)(C)c1ccc(C(O)CCCN2CCC(C(O)(c3ccccc3)c3ccccc3)C(O)C2O)cc1. The third kappa shape index (κ3) is 5.97. The third-order valence-corrected chi connectivity index (χ3v) is 7.87. The number of hydrogen-bond donors (Lipinski definition) is 4. The number of nitrogens with zero attached hydrogens (tertiary/aromatic N) is 1. The first-order valence-corrected chi connectivity index (χ1v) is 13.3. The van der Waals surface area contributed by atoms with E-state index in [0.29, 0.717) is 43.5 Å². The van der Waals surface area contributed by atoms with Crippen molar-refractivity contribution in [3.8, 4) is 0 Å². The zero-order valence-electron chi connectivity index (χ0n) is 22.2. The first-order chi connectivity index (χ1) is 17.6. The van der Waals surface area contributed by atoms with Gasteiger partial charge in [-0.2, -0.15) is 0 Å². The van der Waals surface area contributed by atoms with E-state index in [0.717, 1.165) is 5.56 Å². The Morgan fingerprint density at radius 1 is 0.811 bits per heavy atom. The van der Waals surface area contributed by atoms with Crippen LogP contribution in [0.3, 0.4) is 0 Å². The van der Waals surface area contributed by atoms with Crippen molar-refractivity contribution in [2.75, 3.05) is 13.1 Å². The topological polar surface area (TPSA) is 84.2 Å². The van der Waals surface area contributed by atoms with E-state index in [4.69, 9.17) is 0 Å². The molecule has 1 heterocycles. The highest BCUT2D eigenvalue weighted by atomic mass is 16.3. The van der Waals surface area contributed by atoms with Gasteiger partial charge in [-0.25, -0.2) is 0 Å². The second-order valence-electron chi connectivity index (χ2n) is 11.4. The highest BCUT2D eigenvalue weighted by Crippen LogP contribution is 2.43. The van der Waals surface area contributed by atoms with Gasteiger partial charge in [0.2, 0.25) is 0 Å². The van der Waals surface area contributed by atoms with Crippen LogP contribution < -0.4 is 0 Å². The van der Waals surface area contributed by atoms with Crippen LogP contribution in [0.15, 0.2) is 84.9 Å². The van der Waals surface area contributed by atoms with E-state index in [1.54, 1.807) is 0 Å². The second-order valence-corrected chi connectivity index (χ2v) is 11.4. The van der Waals surface area contributed by atoms with Crippen LogP contribution in [0.2, 0.25) is 0 Å². The number of benzene rings is 3. The molecule has 4 N–H and O–H groups in total. The van der Waals surface area contributed by atoms with Crippen LogP contribution in [-0.2, 0) is 11.0 Å². The summed E-state index contributed by atoms with van der Waals surface area (Å²) >= 11 is 0. The van der Waals surface area contributed by atoms with Gasteiger partial charge >= 0.3 is 0 Å². The van der Waals surface area contributed by atoms with Gasteiger partial charge in [0, 0.05) is 19.0 Å². The normalized spacial score (nSPS) is 22.1. The third-order valence-electron chi connectivity index (χ3n) is 7.87. The lowest BCUT2D eigenvalue weighted by Crippen LogP contribution is -2.58. The largest absolute Gasteiger partial charge is 0.389 e. The minimum absolute atomic E-state index is 0.0692. The Labute approximate surface area is 221 Å². The van der Waals surface area contributed by atoms with Gasteiger partial charge in [0.05, 0.1) is 12.2 Å². The van der Waals surface area contributed by atoms with E-state index in [-0.39, 0.29) is 5.41 Å². The van der Waals surface area contributed by atoms with Crippen molar-refractivity contribution in [3.05, 3.63) is 107 Å². The average Bonchev–Trinajstić information content (AvgIpc) is 2.91. The molecule has 4 rings (SSSR count). The predicted octanol–water partition coefficient (Wildman–Crippen LogP) is 4.74. The van der Waals surface area contributed by atoms with Gasteiger partial charge in [-0.3, -0.25) is 4.90 Å². The molecule has 0 aliphatic carbocycles. The van der Waals surface area contributed by atoms with Gasteiger partial charge in [-0.05, 0) is 46.9 Å². The Balaban J connectivity index is 1.40. The molecule has 1 saturated heterocycles.